The second kappa shape index (κ2) is 9.26. The minimum atomic E-state index is -0.250. The number of H-pyrrole nitrogens is 1. The number of hydrogen-bond donors (Lipinski definition) is 2. The number of benzene rings is 1. The lowest BCUT2D eigenvalue weighted by Gasteiger charge is -2.20. The van der Waals surface area contributed by atoms with Gasteiger partial charge in [0.2, 0.25) is 5.91 Å². The molecule has 2 heterocycles. The van der Waals surface area contributed by atoms with Crippen LogP contribution in [0.1, 0.15) is 44.9 Å². The first kappa shape index (κ1) is 19.7. The van der Waals surface area contributed by atoms with Crippen molar-refractivity contribution in [3.05, 3.63) is 46.9 Å². The molecule has 8 heteroatoms. The van der Waals surface area contributed by atoms with Gasteiger partial charge < -0.3 is 10.3 Å². The fraction of sp³-hybridized carbons (Fsp3) is 0.429. The molecule has 4 rings (SSSR count). The third-order valence-electron chi connectivity index (χ3n) is 5.23. The molecular formula is C21H25N5O2S. The molecule has 1 aliphatic rings. The lowest BCUT2D eigenvalue weighted by molar-refractivity contribution is -0.119. The number of para-hydroxylation sites is 1. The topological polar surface area (TPSA) is 92.7 Å². The molecule has 2 N–H and O–H groups in total. The van der Waals surface area contributed by atoms with Crippen molar-refractivity contribution in [1.29, 1.82) is 0 Å². The zero-order valence-electron chi connectivity index (χ0n) is 16.3. The first-order chi connectivity index (χ1) is 14.2. The summed E-state index contributed by atoms with van der Waals surface area (Å²) in [5, 5.41) is 8.30. The third-order valence-corrected chi connectivity index (χ3v) is 6.10. The molecule has 0 aliphatic heterocycles. The van der Waals surface area contributed by atoms with Crippen molar-refractivity contribution in [3.63, 3.8) is 0 Å². The summed E-state index contributed by atoms with van der Waals surface area (Å²) in [4.78, 5) is 32.1. The van der Waals surface area contributed by atoms with E-state index >= 15 is 0 Å². The van der Waals surface area contributed by atoms with Crippen LogP contribution in [0, 0.1) is 0 Å². The molecule has 0 bridgehead atoms. The summed E-state index contributed by atoms with van der Waals surface area (Å²) >= 11 is 1.24. The van der Waals surface area contributed by atoms with Crippen molar-refractivity contribution in [1.82, 2.24) is 25.1 Å². The van der Waals surface area contributed by atoms with Crippen LogP contribution in [0.4, 0.5) is 0 Å². The van der Waals surface area contributed by atoms with Gasteiger partial charge in [-0.25, -0.2) is 9.67 Å². The number of fused-ring (bicyclic) bond motifs is 1. The Hall–Kier alpha value is -2.61. The molecule has 1 aliphatic carbocycles. The fourth-order valence-electron chi connectivity index (χ4n) is 3.73. The maximum Gasteiger partial charge on any atom is 0.262 e. The van der Waals surface area contributed by atoms with Crippen molar-refractivity contribution >= 4 is 28.7 Å². The van der Waals surface area contributed by atoms with E-state index in [0.29, 0.717) is 16.2 Å². The van der Waals surface area contributed by atoms with Gasteiger partial charge in [-0.3, -0.25) is 9.59 Å². The van der Waals surface area contributed by atoms with Crippen LogP contribution in [-0.4, -0.2) is 37.5 Å². The molecule has 1 amide bonds. The largest absolute Gasteiger partial charge is 0.353 e. The molecule has 0 radical (unpaired) electrons. The first-order valence-electron chi connectivity index (χ1n) is 10.2. The highest BCUT2D eigenvalue weighted by molar-refractivity contribution is 7.99. The summed E-state index contributed by atoms with van der Waals surface area (Å²) < 4.78 is 1.64. The van der Waals surface area contributed by atoms with Crippen LogP contribution in [-0.2, 0) is 4.79 Å². The Morgan fingerprint density at radius 3 is 2.62 bits per heavy atom. The van der Waals surface area contributed by atoms with Gasteiger partial charge in [0.15, 0.2) is 10.8 Å². The van der Waals surface area contributed by atoms with E-state index in [-0.39, 0.29) is 23.3 Å². The molecule has 1 saturated carbocycles. The van der Waals surface area contributed by atoms with Crippen molar-refractivity contribution in [2.24, 2.45) is 0 Å². The van der Waals surface area contributed by atoms with Crippen molar-refractivity contribution in [2.75, 3.05) is 5.75 Å². The molecule has 29 heavy (non-hydrogen) atoms. The molecular weight excluding hydrogens is 386 g/mol. The Bertz CT molecular complexity index is 1020. The predicted octanol–water partition coefficient (Wildman–Crippen LogP) is 3.43. The maximum absolute atomic E-state index is 12.4. The molecule has 0 spiro atoms. The van der Waals surface area contributed by atoms with E-state index in [1.165, 1.54) is 50.1 Å². The first-order valence-corrected chi connectivity index (χ1v) is 11.1. The van der Waals surface area contributed by atoms with Gasteiger partial charge >= 0.3 is 0 Å². The monoisotopic (exact) mass is 411 g/mol. The van der Waals surface area contributed by atoms with Gasteiger partial charge in [-0.1, -0.05) is 62.1 Å². The number of rotatable bonds is 5. The molecule has 0 unspecified atom stereocenters. The van der Waals surface area contributed by atoms with Crippen LogP contribution in [0.3, 0.4) is 0 Å². The molecule has 1 aromatic carbocycles. The second-order valence-electron chi connectivity index (χ2n) is 7.40. The summed E-state index contributed by atoms with van der Waals surface area (Å²) in [6.07, 6.45) is 9.77. The van der Waals surface area contributed by atoms with Gasteiger partial charge in [0, 0.05) is 6.04 Å². The van der Waals surface area contributed by atoms with Gasteiger partial charge in [0.1, 0.15) is 5.39 Å². The van der Waals surface area contributed by atoms with Gasteiger partial charge in [0.25, 0.3) is 5.56 Å². The average Bonchev–Trinajstić information content (AvgIpc) is 3.14. The molecule has 0 saturated heterocycles. The zero-order valence-corrected chi connectivity index (χ0v) is 17.1. The quantitative estimate of drug-likeness (QED) is 0.496. The second-order valence-corrected chi connectivity index (χ2v) is 8.36. The highest BCUT2D eigenvalue weighted by Crippen LogP contribution is 2.19. The number of amides is 1. The number of nitrogens with zero attached hydrogens (tertiary/aromatic N) is 3. The lowest BCUT2D eigenvalue weighted by Crippen LogP contribution is -2.36. The highest BCUT2D eigenvalue weighted by Gasteiger charge is 2.16. The van der Waals surface area contributed by atoms with Gasteiger partial charge in [-0.2, -0.15) is 5.10 Å². The van der Waals surface area contributed by atoms with Crippen LogP contribution in [0.5, 0.6) is 0 Å². The predicted molar refractivity (Wildman–Crippen MR) is 114 cm³/mol. The summed E-state index contributed by atoms with van der Waals surface area (Å²) in [6, 6.07) is 9.81. The minimum Gasteiger partial charge on any atom is -0.353 e. The van der Waals surface area contributed by atoms with E-state index in [0.717, 1.165) is 18.5 Å². The van der Waals surface area contributed by atoms with E-state index in [1.807, 2.05) is 30.3 Å². The Balaban J connectivity index is 1.45. The van der Waals surface area contributed by atoms with Crippen LogP contribution in [0.2, 0.25) is 0 Å². The maximum atomic E-state index is 12.4. The Kier molecular flexibility index (Phi) is 6.29. The Morgan fingerprint density at radius 2 is 1.86 bits per heavy atom. The van der Waals surface area contributed by atoms with Crippen LogP contribution in [0.15, 0.2) is 46.5 Å². The molecule has 0 atom stereocenters. The van der Waals surface area contributed by atoms with Gasteiger partial charge in [-0.15, -0.1) is 0 Å². The number of carbonyl (C=O) groups excluding carboxylic acids is 1. The SMILES string of the molecule is O=C(CSc1nc2c(cnn2-c2ccccc2)c(=O)[nH]1)NC1CCCCCCC1. The van der Waals surface area contributed by atoms with Crippen LogP contribution < -0.4 is 10.9 Å². The number of thioether (sulfide) groups is 1. The highest BCUT2D eigenvalue weighted by atomic mass is 32.2. The van der Waals surface area contributed by atoms with Crippen LogP contribution >= 0.6 is 11.8 Å². The van der Waals surface area contributed by atoms with E-state index in [4.69, 9.17) is 0 Å². The number of nitrogens with one attached hydrogen (secondary N) is 2. The van der Waals surface area contributed by atoms with Gasteiger partial charge in [-0.05, 0) is 25.0 Å². The fourth-order valence-corrected chi connectivity index (χ4v) is 4.40. The van der Waals surface area contributed by atoms with Crippen LogP contribution in [0.25, 0.3) is 16.7 Å². The summed E-state index contributed by atoms with van der Waals surface area (Å²) in [5.41, 5.74) is 1.07. The lowest BCUT2D eigenvalue weighted by atomic mass is 9.97. The van der Waals surface area contributed by atoms with Crippen molar-refractivity contribution in [3.8, 4) is 5.69 Å². The summed E-state index contributed by atoms with van der Waals surface area (Å²) in [5.74, 6) is 0.213. The number of hydrogen-bond acceptors (Lipinski definition) is 5. The Labute approximate surface area is 173 Å². The Morgan fingerprint density at radius 1 is 1.14 bits per heavy atom. The smallest absolute Gasteiger partial charge is 0.262 e. The normalized spacial score (nSPS) is 15.7. The number of aromatic nitrogens is 4. The molecule has 1 fully saturated rings. The van der Waals surface area contributed by atoms with E-state index in [1.54, 1.807) is 4.68 Å². The van der Waals surface area contributed by atoms with E-state index < -0.39 is 0 Å². The minimum absolute atomic E-state index is 0.0140. The zero-order chi connectivity index (χ0) is 20.1. The standard InChI is InChI=1S/C21H25N5O2S/c27-18(23-15-9-5-2-1-3-6-10-15)14-29-21-24-19-17(20(28)25-21)13-22-26(19)16-11-7-4-8-12-16/h4,7-8,11-13,15H,1-3,5-6,9-10,14H2,(H,23,27)(H,24,25,28). The number of aromatic amines is 1. The average molecular weight is 412 g/mol. The molecule has 2 aromatic heterocycles. The van der Waals surface area contributed by atoms with E-state index in [9.17, 15) is 9.59 Å². The molecule has 3 aromatic rings. The summed E-state index contributed by atoms with van der Waals surface area (Å²) in [6.45, 7) is 0. The van der Waals surface area contributed by atoms with Crippen molar-refractivity contribution < 1.29 is 4.79 Å². The number of carbonyl (C=O) groups is 1. The summed E-state index contributed by atoms with van der Waals surface area (Å²) in [7, 11) is 0. The molecule has 152 valence electrons. The van der Waals surface area contributed by atoms with Gasteiger partial charge in [0.05, 0.1) is 17.6 Å². The van der Waals surface area contributed by atoms with E-state index in [2.05, 4.69) is 20.4 Å². The molecule has 7 nitrogen and oxygen atoms in total. The van der Waals surface area contributed by atoms with Crippen molar-refractivity contribution in [2.45, 2.75) is 56.1 Å². The third kappa shape index (κ3) is 4.87.